The summed E-state index contributed by atoms with van der Waals surface area (Å²) in [6.07, 6.45) is 6.15. The van der Waals surface area contributed by atoms with Crippen molar-refractivity contribution in [3.63, 3.8) is 0 Å². The van der Waals surface area contributed by atoms with E-state index in [-0.39, 0.29) is 6.10 Å². The number of benzene rings is 1. The third-order valence-corrected chi connectivity index (χ3v) is 6.26. The fourth-order valence-corrected chi connectivity index (χ4v) is 4.27. The Morgan fingerprint density at radius 3 is 2.90 bits per heavy atom. The summed E-state index contributed by atoms with van der Waals surface area (Å²) in [5, 5.41) is 16.8. The quantitative estimate of drug-likeness (QED) is 0.430. The van der Waals surface area contributed by atoms with Crippen molar-refractivity contribution < 1.29 is 9.42 Å². The first kappa shape index (κ1) is 19.6. The van der Waals surface area contributed by atoms with E-state index in [9.17, 15) is 0 Å². The molecule has 0 radical (unpaired) electrons. The van der Waals surface area contributed by atoms with Crippen LogP contribution < -0.4 is 14.7 Å². The molecule has 4 aromatic rings. The van der Waals surface area contributed by atoms with Crippen molar-refractivity contribution in [2.75, 3.05) is 6.54 Å². The van der Waals surface area contributed by atoms with Gasteiger partial charge in [-0.25, -0.2) is 4.68 Å². The van der Waals surface area contributed by atoms with Crippen LogP contribution in [0.5, 0.6) is 5.88 Å². The van der Waals surface area contributed by atoms with E-state index in [1.165, 1.54) is 17.0 Å². The van der Waals surface area contributed by atoms with Crippen LogP contribution in [0.15, 0.2) is 24.4 Å². The maximum Gasteiger partial charge on any atom is 0.228 e. The van der Waals surface area contributed by atoms with Crippen molar-refractivity contribution in [2.45, 2.75) is 26.5 Å². The van der Waals surface area contributed by atoms with Crippen LogP contribution in [0.4, 0.5) is 0 Å². The fraction of sp³-hybridized carbons (Fsp3) is 0.348. The molecule has 8 heteroatoms. The van der Waals surface area contributed by atoms with E-state index in [4.69, 9.17) is 4.74 Å². The van der Waals surface area contributed by atoms with Gasteiger partial charge in [-0.2, -0.15) is 14.9 Å². The Hall–Kier alpha value is -3.39. The fourth-order valence-electron chi connectivity index (χ4n) is 4.27. The standard InChI is InChI=1S/C23H28N7O/c1-14-11-24-13-22-17(15(2)29(4)30(22)5)7-9-21-18-10-16(6-8-20(18)26-27-21)19-12-25-28(3)23(19)31-14/h6-10,12,14,24H,11,13H2,1-5H3,(H,26,27)/q+1/b9-7+/t14-/m0/s1. The summed E-state index contributed by atoms with van der Waals surface area (Å²) in [5.74, 6) is 0.769. The minimum absolute atomic E-state index is 0.0124. The molecule has 2 bridgehead atoms. The highest BCUT2D eigenvalue weighted by molar-refractivity contribution is 5.93. The third kappa shape index (κ3) is 3.23. The molecule has 160 valence electrons. The number of rotatable bonds is 0. The second-order valence-corrected chi connectivity index (χ2v) is 8.24. The van der Waals surface area contributed by atoms with Gasteiger partial charge in [-0.15, -0.1) is 4.68 Å². The molecule has 8 nitrogen and oxygen atoms in total. The van der Waals surface area contributed by atoms with E-state index in [2.05, 4.69) is 82.2 Å². The SMILES string of the molecule is Cc1c2c([n+](C)n1C)CNC[C@H](C)Oc1c(cnn1C)-c1ccc3n[nH]c(c3c1)/C=C/2. The molecule has 1 aliphatic heterocycles. The molecule has 5 rings (SSSR count). The average Bonchev–Trinajstić information content (AvgIpc) is 3.38. The average molecular weight is 419 g/mol. The van der Waals surface area contributed by atoms with Gasteiger partial charge < -0.3 is 10.1 Å². The smallest absolute Gasteiger partial charge is 0.228 e. The van der Waals surface area contributed by atoms with Crippen LogP contribution in [0.3, 0.4) is 0 Å². The molecule has 0 aliphatic carbocycles. The Bertz CT molecular complexity index is 1310. The normalized spacial score (nSPS) is 17.6. The number of hydrogen-bond acceptors (Lipinski definition) is 4. The van der Waals surface area contributed by atoms with Crippen LogP contribution in [-0.4, -0.2) is 37.3 Å². The van der Waals surface area contributed by atoms with Crippen LogP contribution >= 0.6 is 0 Å². The van der Waals surface area contributed by atoms with Crippen molar-refractivity contribution in [1.29, 1.82) is 0 Å². The van der Waals surface area contributed by atoms with Gasteiger partial charge in [0.2, 0.25) is 11.6 Å². The number of H-pyrrole nitrogens is 1. The lowest BCUT2D eigenvalue weighted by atomic mass is 10.0. The zero-order chi connectivity index (χ0) is 21.7. The molecule has 0 saturated carbocycles. The van der Waals surface area contributed by atoms with E-state index < -0.39 is 0 Å². The second-order valence-electron chi connectivity index (χ2n) is 8.24. The number of ether oxygens (including phenoxy) is 1. The van der Waals surface area contributed by atoms with E-state index >= 15 is 0 Å². The minimum atomic E-state index is -0.0124. The molecule has 0 saturated heterocycles. The lowest BCUT2D eigenvalue weighted by molar-refractivity contribution is -0.758. The summed E-state index contributed by atoms with van der Waals surface area (Å²) in [4.78, 5) is 0. The van der Waals surface area contributed by atoms with E-state index in [0.29, 0.717) is 0 Å². The van der Waals surface area contributed by atoms with Crippen LogP contribution in [0.2, 0.25) is 0 Å². The van der Waals surface area contributed by atoms with Gasteiger partial charge >= 0.3 is 0 Å². The zero-order valence-electron chi connectivity index (χ0n) is 18.6. The Kier molecular flexibility index (Phi) is 4.66. The number of aryl methyl sites for hydroxylation is 1. The number of aromatic nitrogens is 6. The topological polar surface area (TPSA) is 76.6 Å². The predicted octanol–water partition coefficient (Wildman–Crippen LogP) is 2.48. The number of nitrogens with one attached hydrogen (secondary N) is 2. The lowest BCUT2D eigenvalue weighted by Crippen LogP contribution is -2.43. The van der Waals surface area contributed by atoms with Gasteiger partial charge in [0.15, 0.2) is 7.05 Å². The Labute approximate surface area is 181 Å². The van der Waals surface area contributed by atoms with E-state index in [0.717, 1.165) is 46.7 Å². The molecule has 0 unspecified atom stereocenters. The van der Waals surface area contributed by atoms with Crippen molar-refractivity contribution in [1.82, 2.24) is 30.0 Å². The van der Waals surface area contributed by atoms with Crippen molar-refractivity contribution in [3.8, 4) is 17.0 Å². The van der Waals surface area contributed by atoms with E-state index in [1.54, 1.807) is 4.68 Å². The Balaban J connectivity index is 1.69. The maximum absolute atomic E-state index is 6.32. The van der Waals surface area contributed by atoms with Gasteiger partial charge in [0, 0.05) is 19.0 Å². The molecule has 31 heavy (non-hydrogen) atoms. The van der Waals surface area contributed by atoms with Crippen molar-refractivity contribution in [3.05, 3.63) is 47.0 Å². The van der Waals surface area contributed by atoms with Crippen LogP contribution in [0.1, 0.15) is 29.6 Å². The second kappa shape index (κ2) is 7.39. The highest BCUT2D eigenvalue weighted by atomic mass is 16.5. The van der Waals surface area contributed by atoms with Crippen molar-refractivity contribution >= 4 is 23.1 Å². The summed E-state index contributed by atoms with van der Waals surface area (Å²) < 4.78 is 12.5. The monoisotopic (exact) mass is 418 g/mol. The Morgan fingerprint density at radius 2 is 2.06 bits per heavy atom. The molecular formula is C23H28N7O+. The molecule has 3 aromatic heterocycles. The highest BCUT2D eigenvalue weighted by Crippen LogP contribution is 2.33. The molecule has 0 fully saturated rings. The maximum atomic E-state index is 6.32. The van der Waals surface area contributed by atoms with Gasteiger partial charge in [0.05, 0.1) is 47.8 Å². The summed E-state index contributed by atoms with van der Waals surface area (Å²) >= 11 is 0. The molecule has 0 amide bonds. The molecule has 0 spiro atoms. The molecule has 4 heterocycles. The zero-order valence-corrected chi connectivity index (χ0v) is 18.6. The Morgan fingerprint density at radius 1 is 1.23 bits per heavy atom. The minimum Gasteiger partial charge on any atom is -0.473 e. The van der Waals surface area contributed by atoms with Crippen molar-refractivity contribution in [2.24, 2.45) is 21.1 Å². The largest absolute Gasteiger partial charge is 0.473 e. The molecular weight excluding hydrogens is 390 g/mol. The molecule has 1 aromatic carbocycles. The van der Waals surface area contributed by atoms with E-state index in [1.807, 2.05) is 19.3 Å². The van der Waals surface area contributed by atoms with Crippen LogP contribution in [0, 0.1) is 6.92 Å². The number of hydrogen-bond donors (Lipinski definition) is 2. The summed E-state index contributed by atoms with van der Waals surface area (Å²) in [6, 6.07) is 6.27. The first-order valence-corrected chi connectivity index (χ1v) is 10.5. The van der Waals surface area contributed by atoms with Gasteiger partial charge in [0.1, 0.15) is 6.10 Å². The van der Waals surface area contributed by atoms with Gasteiger partial charge in [-0.1, -0.05) is 6.07 Å². The van der Waals surface area contributed by atoms with Gasteiger partial charge in [-0.3, -0.25) is 5.10 Å². The number of nitrogens with zero attached hydrogens (tertiary/aromatic N) is 5. The van der Waals surface area contributed by atoms with Crippen LogP contribution in [0.25, 0.3) is 34.2 Å². The summed E-state index contributed by atoms with van der Waals surface area (Å²) in [6.45, 7) is 5.70. The first-order valence-electron chi connectivity index (χ1n) is 10.5. The molecule has 1 atom stereocenters. The van der Waals surface area contributed by atoms with Crippen LogP contribution in [-0.2, 0) is 27.7 Å². The number of fused-ring (bicyclic) bond motifs is 4. The van der Waals surface area contributed by atoms with Gasteiger partial charge in [-0.05, 0) is 43.7 Å². The highest BCUT2D eigenvalue weighted by Gasteiger charge is 2.23. The molecule has 2 N–H and O–H groups in total. The third-order valence-electron chi connectivity index (χ3n) is 6.26. The summed E-state index contributed by atoms with van der Waals surface area (Å²) in [5.41, 5.74) is 7.61. The summed E-state index contributed by atoms with van der Waals surface area (Å²) in [7, 11) is 6.09. The molecule has 1 aliphatic rings. The first-order chi connectivity index (χ1) is 14.9. The predicted molar refractivity (Wildman–Crippen MR) is 120 cm³/mol. The lowest BCUT2D eigenvalue weighted by Gasteiger charge is -2.16. The van der Waals surface area contributed by atoms with Gasteiger partial charge in [0.25, 0.3) is 0 Å². The number of aromatic amines is 1.